The van der Waals surface area contributed by atoms with Crippen LogP contribution in [-0.4, -0.2) is 4.57 Å². The number of benzene rings is 10. The number of rotatable bonds is 5. The normalized spacial score (nSPS) is 11.9. The maximum atomic E-state index is 2.48. The summed E-state index contributed by atoms with van der Waals surface area (Å²) in [5.41, 5.74) is 9.34. The summed E-state index contributed by atoms with van der Waals surface area (Å²) in [7, 11) is 0. The van der Waals surface area contributed by atoms with Gasteiger partial charge in [0.05, 0.1) is 16.7 Å². The molecule has 266 valence electrons. The first-order valence-electron chi connectivity index (χ1n) is 19.5. The third-order valence-electron chi connectivity index (χ3n) is 11.7. The molecular weight excluding hydrogens is 709 g/mol. The van der Waals surface area contributed by atoms with Gasteiger partial charge in [0, 0.05) is 53.4 Å². The summed E-state index contributed by atoms with van der Waals surface area (Å²) in [4.78, 5) is 2.48. The van der Waals surface area contributed by atoms with Crippen LogP contribution in [0, 0.1) is 0 Å². The predicted molar refractivity (Wildman–Crippen MR) is 246 cm³/mol. The van der Waals surface area contributed by atoms with Gasteiger partial charge in [-0.25, -0.2) is 0 Å². The van der Waals surface area contributed by atoms with Gasteiger partial charge >= 0.3 is 0 Å². The number of aromatic nitrogens is 1. The van der Waals surface area contributed by atoms with Gasteiger partial charge in [-0.3, -0.25) is 0 Å². The van der Waals surface area contributed by atoms with Crippen LogP contribution in [-0.2, 0) is 0 Å². The van der Waals surface area contributed by atoms with Crippen LogP contribution in [0.2, 0.25) is 0 Å². The van der Waals surface area contributed by atoms with Crippen molar-refractivity contribution >= 4 is 103 Å². The zero-order chi connectivity index (χ0) is 37.5. The van der Waals surface area contributed by atoms with Gasteiger partial charge in [-0.15, -0.1) is 11.3 Å². The lowest BCUT2D eigenvalue weighted by Crippen LogP contribution is -2.11. The Bertz CT molecular complexity index is 3540. The van der Waals surface area contributed by atoms with Crippen LogP contribution in [0.25, 0.3) is 91.1 Å². The Kier molecular flexibility index (Phi) is 7.13. The van der Waals surface area contributed by atoms with Crippen molar-refractivity contribution in [3.05, 3.63) is 206 Å². The van der Waals surface area contributed by atoms with Gasteiger partial charge in [-0.05, 0) is 98.7 Å². The van der Waals surface area contributed by atoms with Crippen molar-refractivity contribution in [1.29, 1.82) is 0 Å². The molecule has 0 aliphatic rings. The molecule has 0 aliphatic carbocycles. The zero-order valence-electron chi connectivity index (χ0n) is 30.9. The molecule has 2 nitrogen and oxygen atoms in total. The number of nitrogens with zero attached hydrogens (tertiary/aromatic N) is 2. The number of para-hydroxylation sites is 2. The van der Waals surface area contributed by atoms with Gasteiger partial charge in [0.1, 0.15) is 0 Å². The van der Waals surface area contributed by atoms with E-state index < -0.39 is 0 Å². The van der Waals surface area contributed by atoms with E-state index in [-0.39, 0.29) is 0 Å². The van der Waals surface area contributed by atoms with Crippen LogP contribution in [0.5, 0.6) is 0 Å². The molecule has 12 aromatic rings. The third kappa shape index (κ3) is 5.03. The fourth-order valence-electron chi connectivity index (χ4n) is 9.10. The SMILES string of the molecule is c1ccc(-n2c3ccccc3c3ccc(N(c4ccc5sc6c7ccccc7ccc6c5c4)c4ccc(-c5ccc6ccccc6c5)c5ccccc45)cc32)cc1. The summed E-state index contributed by atoms with van der Waals surface area (Å²) in [6.07, 6.45) is 0. The summed E-state index contributed by atoms with van der Waals surface area (Å²) in [6, 6.07) is 75.8. The van der Waals surface area contributed by atoms with Crippen LogP contribution in [0.4, 0.5) is 17.1 Å². The number of thiophene rings is 1. The van der Waals surface area contributed by atoms with E-state index in [0.29, 0.717) is 0 Å². The predicted octanol–water partition coefficient (Wildman–Crippen LogP) is 15.7. The Morgan fingerprint density at radius 1 is 0.368 bits per heavy atom. The van der Waals surface area contributed by atoms with Crippen molar-refractivity contribution < 1.29 is 0 Å². The average Bonchev–Trinajstić information content (AvgIpc) is 3.82. The van der Waals surface area contributed by atoms with Crippen LogP contribution in [0.15, 0.2) is 206 Å². The minimum atomic E-state index is 1.11. The molecule has 0 fully saturated rings. The molecule has 57 heavy (non-hydrogen) atoms. The molecule has 0 saturated heterocycles. The van der Waals surface area contributed by atoms with Crippen LogP contribution >= 0.6 is 11.3 Å². The molecule has 2 aromatic heterocycles. The first-order valence-corrected chi connectivity index (χ1v) is 20.3. The standard InChI is InChI=1S/C54H34N2S/c1-2-15-39(16-3-1)56-50-21-11-10-20-46(50)47-28-25-41(34-52(47)56)55(40-26-31-53-49(33-40)48-27-24-36-13-6-7-17-43(36)54(48)57-53)51-30-29-42(44-18-8-9-19-45(44)51)38-23-22-35-12-4-5-14-37(35)32-38/h1-34H. The number of hydrogen-bond acceptors (Lipinski definition) is 2. The average molecular weight is 743 g/mol. The Morgan fingerprint density at radius 3 is 1.89 bits per heavy atom. The molecule has 0 spiro atoms. The summed E-state index contributed by atoms with van der Waals surface area (Å²) < 4.78 is 5.04. The molecule has 0 unspecified atom stereocenters. The van der Waals surface area contributed by atoms with Crippen LogP contribution < -0.4 is 4.90 Å². The Morgan fingerprint density at radius 2 is 1.02 bits per heavy atom. The summed E-state index contributed by atoms with van der Waals surface area (Å²) in [5.74, 6) is 0. The monoisotopic (exact) mass is 742 g/mol. The molecule has 0 radical (unpaired) electrons. The second-order valence-electron chi connectivity index (χ2n) is 14.9. The molecule has 0 bridgehead atoms. The highest BCUT2D eigenvalue weighted by molar-refractivity contribution is 7.26. The minimum Gasteiger partial charge on any atom is -0.310 e. The van der Waals surface area contributed by atoms with E-state index in [2.05, 4.69) is 216 Å². The summed E-state index contributed by atoms with van der Waals surface area (Å²) >= 11 is 1.89. The second-order valence-corrected chi connectivity index (χ2v) is 16.0. The third-order valence-corrected chi connectivity index (χ3v) is 13.0. The van der Waals surface area contributed by atoms with Gasteiger partial charge in [-0.1, -0.05) is 146 Å². The lowest BCUT2D eigenvalue weighted by atomic mass is 9.94. The van der Waals surface area contributed by atoms with Crippen LogP contribution in [0.3, 0.4) is 0 Å². The fourth-order valence-corrected chi connectivity index (χ4v) is 10.3. The molecule has 0 aliphatic heterocycles. The zero-order valence-corrected chi connectivity index (χ0v) is 31.7. The van der Waals surface area contributed by atoms with Gasteiger partial charge in [0.15, 0.2) is 0 Å². The highest BCUT2D eigenvalue weighted by Gasteiger charge is 2.21. The maximum Gasteiger partial charge on any atom is 0.0561 e. The molecule has 3 heteroatoms. The van der Waals surface area contributed by atoms with E-state index in [1.807, 2.05) is 11.3 Å². The molecule has 0 amide bonds. The molecular formula is C54H34N2S. The van der Waals surface area contributed by atoms with Crippen molar-refractivity contribution in [2.75, 3.05) is 4.90 Å². The highest BCUT2D eigenvalue weighted by Crippen LogP contribution is 2.47. The summed E-state index contributed by atoms with van der Waals surface area (Å²) in [5, 5.41) is 12.6. The van der Waals surface area contributed by atoms with E-state index in [1.54, 1.807) is 0 Å². The lowest BCUT2D eigenvalue weighted by molar-refractivity contribution is 1.18. The molecule has 0 atom stereocenters. The van der Waals surface area contributed by atoms with Gasteiger partial charge in [-0.2, -0.15) is 0 Å². The van der Waals surface area contributed by atoms with Crippen molar-refractivity contribution in [2.45, 2.75) is 0 Å². The van der Waals surface area contributed by atoms with E-state index in [1.165, 1.54) is 85.4 Å². The minimum absolute atomic E-state index is 1.11. The lowest BCUT2D eigenvalue weighted by Gasteiger charge is -2.28. The first-order chi connectivity index (χ1) is 28.3. The van der Waals surface area contributed by atoms with Gasteiger partial charge in [0.25, 0.3) is 0 Å². The highest BCUT2D eigenvalue weighted by atomic mass is 32.1. The van der Waals surface area contributed by atoms with E-state index in [0.717, 1.165) is 22.7 Å². The van der Waals surface area contributed by atoms with Gasteiger partial charge in [0.2, 0.25) is 0 Å². The van der Waals surface area contributed by atoms with E-state index in [4.69, 9.17) is 0 Å². The molecule has 0 N–H and O–H groups in total. The fraction of sp³-hybridized carbons (Fsp3) is 0. The van der Waals surface area contributed by atoms with Crippen molar-refractivity contribution in [1.82, 2.24) is 4.57 Å². The first kappa shape index (κ1) is 32.1. The number of fused-ring (bicyclic) bond motifs is 10. The Balaban J connectivity index is 1.13. The quantitative estimate of drug-likeness (QED) is 0.170. The maximum absolute atomic E-state index is 2.48. The molecule has 0 saturated carbocycles. The number of anilines is 3. The Labute approximate surface area is 333 Å². The molecule has 12 rings (SSSR count). The summed E-state index contributed by atoms with van der Waals surface area (Å²) in [6.45, 7) is 0. The van der Waals surface area contributed by atoms with E-state index in [9.17, 15) is 0 Å². The van der Waals surface area contributed by atoms with Gasteiger partial charge < -0.3 is 9.47 Å². The van der Waals surface area contributed by atoms with Crippen molar-refractivity contribution in [2.24, 2.45) is 0 Å². The Hall–Kier alpha value is -7.20. The molecule has 2 heterocycles. The largest absolute Gasteiger partial charge is 0.310 e. The molecule has 10 aromatic carbocycles. The van der Waals surface area contributed by atoms with Crippen molar-refractivity contribution in [3.8, 4) is 16.8 Å². The smallest absolute Gasteiger partial charge is 0.0561 e. The second kappa shape index (κ2) is 12.7. The topological polar surface area (TPSA) is 8.17 Å². The number of hydrogen-bond donors (Lipinski definition) is 0. The van der Waals surface area contributed by atoms with Crippen LogP contribution in [0.1, 0.15) is 0 Å². The van der Waals surface area contributed by atoms with Crippen molar-refractivity contribution in [3.63, 3.8) is 0 Å². The van der Waals surface area contributed by atoms with E-state index >= 15 is 0 Å².